The van der Waals surface area contributed by atoms with Gasteiger partial charge in [0.15, 0.2) is 0 Å². The third-order valence-electron chi connectivity index (χ3n) is 3.87. The maximum Gasteiger partial charge on any atom is 0.370 e. The highest BCUT2D eigenvalue weighted by Gasteiger charge is 2.58. The lowest BCUT2D eigenvalue weighted by molar-refractivity contribution is -0.0153. The monoisotopic (exact) mass is 247 g/mol. The zero-order valence-corrected chi connectivity index (χ0v) is 11.8. The molecule has 0 aromatic carbocycles. The van der Waals surface area contributed by atoms with E-state index in [1.165, 1.54) is 12.8 Å². The molecule has 0 aromatic heterocycles. The van der Waals surface area contributed by atoms with E-state index in [2.05, 4.69) is 0 Å². The molecule has 1 atom stereocenters. The Kier molecular flexibility index (Phi) is 5.40. The summed E-state index contributed by atoms with van der Waals surface area (Å²) in [6.07, 6.45) is 5.34. The van der Waals surface area contributed by atoms with E-state index in [-0.39, 0.29) is 5.22 Å². The molecule has 1 heterocycles. The van der Waals surface area contributed by atoms with Gasteiger partial charge in [-0.1, -0.05) is 12.8 Å². The van der Waals surface area contributed by atoms with Gasteiger partial charge in [-0.15, -0.1) is 0 Å². The number of ether oxygens (including phenoxy) is 1. The SMILES string of the molecule is COC1(CCCN)CCCC[Si]1(OC)OC. The van der Waals surface area contributed by atoms with E-state index in [1.807, 2.05) is 0 Å². The Hall–Kier alpha value is 0.0569. The molecule has 1 aliphatic rings. The lowest BCUT2D eigenvalue weighted by atomic mass is 10.1. The first-order chi connectivity index (χ1) is 7.70. The highest BCUT2D eigenvalue weighted by molar-refractivity contribution is 6.70. The molecule has 4 nitrogen and oxygen atoms in total. The number of hydrogen-bond acceptors (Lipinski definition) is 4. The van der Waals surface area contributed by atoms with Gasteiger partial charge in [0.2, 0.25) is 0 Å². The van der Waals surface area contributed by atoms with Gasteiger partial charge in [-0.3, -0.25) is 0 Å². The van der Waals surface area contributed by atoms with Crippen LogP contribution >= 0.6 is 0 Å². The minimum absolute atomic E-state index is 0.200. The molecule has 0 amide bonds. The topological polar surface area (TPSA) is 53.7 Å². The molecule has 5 heteroatoms. The third kappa shape index (κ3) is 2.33. The lowest BCUT2D eigenvalue weighted by Gasteiger charge is -2.48. The molecule has 0 bridgehead atoms. The summed E-state index contributed by atoms with van der Waals surface area (Å²) in [5, 5.41) is -0.200. The van der Waals surface area contributed by atoms with Crippen molar-refractivity contribution in [2.24, 2.45) is 5.73 Å². The van der Waals surface area contributed by atoms with Gasteiger partial charge in [-0.2, -0.15) is 0 Å². The molecule has 0 saturated carbocycles. The van der Waals surface area contributed by atoms with Crippen LogP contribution in [-0.2, 0) is 13.6 Å². The molecular formula is C11H25NO3Si. The van der Waals surface area contributed by atoms with Crippen LogP contribution in [0, 0.1) is 0 Å². The van der Waals surface area contributed by atoms with E-state index >= 15 is 0 Å². The van der Waals surface area contributed by atoms with Crippen LogP contribution in [0.3, 0.4) is 0 Å². The Morgan fingerprint density at radius 1 is 1.19 bits per heavy atom. The number of hydrogen-bond donors (Lipinski definition) is 1. The average Bonchev–Trinajstić information content (AvgIpc) is 2.36. The van der Waals surface area contributed by atoms with Crippen molar-refractivity contribution >= 4 is 8.56 Å². The van der Waals surface area contributed by atoms with Crippen molar-refractivity contribution in [1.82, 2.24) is 0 Å². The first-order valence-electron chi connectivity index (χ1n) is 6.06. The van der Waals surface area contributed by atoms with Crippen molar-refractivity contribution in [2.45, 2.75) is 43.4 Å². The van der Waals surface area contributed by atoms with Gasteiger partial charge in [0, 0.05) is 21.3 Å². The molecule has 1 fully saturated rings. The second-order valence-electron chi connectivity index (χ2n) is 4.46. The van der Waals surface area contributed by atoms with Crippen molar-refractivity contribution in [2.75, 3.05) is 27.9 Å². The van der Waals surface area contributed by atoms with Gasteiger partial charge in [0.1, 0.15) is 5.22 Å². The van der Waals surface area contributed by atoms with E-state index < -0.39 is 8.56 Å². The van der Waals surface area contributed by atoms with Crippen LogP contribution in [0.15, 0.2) is 0 Å². The van der Waals surface area contributed by atoms with Crippen molar-refractivity contribution in [1.29, 1.82) is 0 Å². The quantitative estimate of drug-likeness (QED) is 0.724. The Labute approximate surface area is 99.7 Å². The molecule has 0 radical (unpaired) electrons. The molecule has 0 spiro atoms. The van der Waals surface area contributed by atoms with Crippen LogP contribution in [0.4, 0.5) is 0 Å². The first-order valence-corrected chi connectivity index (χ1v) is 8.08. The minimum atomic E-state index is -2.23. The summed E-state index contributed by atoms with van der Waals surface area (Å²) in [6.45, 7) is 0.697. The van der Waals surface area contributed by atoms with Gasteiger partial charge in [-0.25, -0.2) is 0 Å². The molecule has 2 N–H and O–H groups in total. The summed E-state index contributed by atoms with van der Waals surface area (Å²) in [5.74, 6) is 0. The lowest BCUT2D eigenvalue weighted by Crippen LogP contribution is -2.64. The van der Waals surface area contributed by atoms with Gasteiger partial charge in [0.05, 0.1) is 0 Å². The normalized spacial score (nSPS) is 29.2. The van der Waals surface area contributed by atoms with Crippen LogP contribution < -0.4 is 5.73 Å². The fourth-order valence-corrected chi connectivity index (χ4v) is 6.83. The molecular weight excluding hydrogens is 222 g/mol. The first kappa shape index (κ1) is 14.1. The Morgan fingerprint density at radius 2 is 1.88 bits per heavy atom. The minimum Gasteiger partial charge on any atom is -0.396 e. The van der Waals surface area contributed by atoms with Crippen LogP contribution in [0.1, 0.15) is 32.1 Å². The molecule has 96 valence electrons. The van der Waals surface area contributed by atoms with Crippen LogP contribution in [-0.4, -0.2) is 41.7 Å². The summed E-state index contributed by atoms with van der Waals surface area (Å²) >= 11 is 0. The van der Waals surface area contributed by atoms with Crippen LogP contribution in [0.5, 0.6) is 0 Å². The van der Waals surface area contributed by atoms with Crippen molar-refractivity contribution < 1.29 is 13.6 Å². The predicted molar refractivity (Wildman–Crippen MR) is 66.5 cm³/mol. The van der Waals surface area contributed by atoms with Gasteiger partial charge < -0.3 is 19.3 Å². The third-order valence-corrected chi connectivity index (χ3v) is 8.29. The van der Waals surface area contributed by atoms with Crippen molar-refractivity contribution in [3.63, 3.8) is 0 Å². The molecule has 0 aromatic rings. The standard InChI is InChI=1S/C11H25NO3Si/c1-13-11(8-6-9-12)7-4-5-10-16(11,14-2)15-3/h4-10,12H2,1-3H3. The molecule has 1 rings (SSSR count). The summed E-state index contributed by atoms with van der Waals surface area (Å²) in [5.41, 5.74) is 5.61. The summed E-state index contributed by atoms with van der Waals surface area (Å²) < 4.78 is 17.4. The van der Waals surface area contributed by atoms with Gasteiger partial charge >= 0.3 is 8.56 Å². The Balaban J connectivity index is 2.90. The van der Waals surface area contributed by atoms with E-state index in [1.54, 1.807) is 21.3 Å². The fourth-order valence-electron chi connectivity index (χ4n) is 2.91. The van der Waals surface area contributed by atoms with Crippen LogP contribution in [0.25, 0.3) is 0 Å². The second-order valence-corrected chi connectivity index (χ2v) is 8.19. The van der Waals surface area contributed by atoms with E-state index in [0.29, 0.717) is 6.54 Å². The zero-order valence-electron chi connectivity index (χ0n) is 10.8. The van der Waals surface area contributed by atoms with E-state index in [9.17, 15) is 0 Å². The average molecular weight is 247 g/mol. The molecule has 0 aliphatic carbocycles. The van der Waals surface area contributed by atoms with Crippen molar-refractivity contribution in [3.8, 4) is 0 Å². The van der Waals surface area contributed by atoms with Gasteiger partial charge in [-0.05, 0) is 31.9 Å². The van der Waals surface area contributed by atoms with E-state index in [4.69, 9.17) is 19.3 Å². The second kappa shape index (κ2) is 6.12. The zero-order chi connectivity index (χ0) is 12.1. The maximum atomic E-state index is 5.83. The highest BCUT2D eigenvalue weighted by atomic mass is 28.4. The maximum absolute atomic E-state index is 5.83. The summed E-state index contributed by atoms with van der Waals surface area (Å²) in [4.78, 5) is 0. The molecule has 1 aliphatic heterocycles. The summed E-state index contributed by atoms with van der Waals surface area (Å²) in [6, 6.07) is 1.03. The smallest absolute Gasteiger partial charge is 0.370 e. The largest absolute Gasteiger partial charge is 0.396 e. The number of methoxy groups -OCH3 is 1. The molecule has 1 saturated heterocycles. The van der Waals surface area contributed by atoms with Gasteiger partial charge in [0.25, 0.3) is 0 Å². The fraction of sp³-hybridized carbons (Fsp3) is 1.00. The Bertz CT molecular complexity index is 211. The number of rotatable bonds is 6. The number of nitrogens with two attached hydrogens (primary N) is 1. The van der Waals surface area contributed by atoms with Crippen LogP contribution in [0.2, 0.25) is 6.04 Å². The predicted octanol–water partition coefficient (Wildman–Crippen LogP) is 1.57. The molecule has 16 heavy (non-hydrogen) atoms. The van der Waals surface area contributed by atoms with Crippen molar-refractivity contribution in [3.05, 3.63) is 0 Å². The summed E-state index contributed by atoms with van der Waals surface area (Å²) in [7, 11) is 3.08. The Morgan fingerprint density at radius 3 is 2.38 bits per heavy atom. The highest BCUT2D eigenvalue weighted by Crippen LogP contribution is 2.42. The van der Waals surface area contributed by atoms with E-state index in [0.717, 1.165) is 25.3 Å². The molecule has 1 unspecified atom stereocenters.